The van der Waals surface area contributed by atoms with Crippen LogP contribution in [-0.4, -0.2) is 37.4 Å². The van der Waals surface area contributed by atoms with Crippen molar-refractivity contribution >= 4 is 27.4 Å². The van der Waals surface area contributed by atoms with Crippen LogP contribution in [0.3, 0.4) is 0 Å². The van der Waals surface area contributed by atoms with E-state index < -0.39 is 15.8 Å². The molecule has 0 radical (unpaired) electrons. The highest BCUT2D eigenvalue weighted by Crippen LogP contribution is 2.15. The summed E-state index contributed by atoms with van der Waals surface area (Å²) in [6.45, 7) is 1.64. The Morgan fingerprint density at radius 1 is 1.30 bits per heavy atom. The largest absolute Gasteiger partial charge is 0.478 e. The minimum absolute atomic E-state index is 0.0304. The molecule has 0 unspecified atom stereocenters. The van der Waals surface area contributed by atoms with E-state index in [9.17, 15) is 18.0 Å². The van der Waals surface area contributed by atoms with Gasteiger partial charge < -0.3 is 10.4 Å². The standard InChI is InChI=1S/C13H17NO5S/c1-9-8-10(5-6-11(9)13(16)17)14-12(15)4-3-7-20(2,18)19/h5-6,8H,3-4,7H2,1-2H3,(H,14,15)(H,16,17). The number of benzene rings is 1. The lowest BCUT2D eigenvalue weighted by molar-refractivity contribution is -0.116. The Balaban J connectivity index is 2.59. The Hall–Kier alpha value is -1.89. The summed E-state index contributed by atoms with van der Waals surface area (Å²) in [4.78, 5) is 22.5. The van der Waals surface area contributed by atoms with E-state index in [0.29, 0.717) is 11.3 Å². The Morgan fingerprint density at radius 3 is 2.45 bits per heavy atom. The van der Waals surface area contributed by atoms with Crippen LogP contribution in [0.15, 0.2) is 18.2 Å². The van der Waals surface area contributed by atoms with Gasteiger partial charge in [0.05, 0.1) is 11.3 Å². The van der Waals surface area contributed by atoms with Crippen LogP contribution in [0.2, 0.25) is 0 Å². The fraction of sp³-hybridized carbons (Fsp3) is 0.385. The first kappa shape index (κ1) is 16.2. The van der Waals surface area contributed by atoms with Crippen molar-refractivity contribution in [2.24, 2.45) is 0 Å². The van der Waals surface area contributed by atoms with Gasteiger partial charge in [-0.3, -0.25) is 4.79 Å². The fourth-order valence-corrected chi connectivity index (χ4v) is 2.37. The Kier molecular flexibility index (Phi) is 5.26. The van der Waals surface area contributed by atoms with Gasteiger partial charge in [-0.25, -0.2) is 13.2 Å². The highest BCUT2D eigenvalue weighted by atomic mass is 32.2. The number of carboxylic acids is 1. The van der Waals surface area contributed by atoms with Crippen molar-refractivity contribution in [2.75, 3.05) is 17.3 Å². The first-order chi connectivity index (χ1) is 9.19. The van der Waals surface area contributed by atoms with Gasteiger partial charge in [0.15, 0.2) is 0 Å². The first-order valence-electron chi connectivity index (χ1n) is 6.00. The lowest BCUT2D eigenvalue weighted by atomic mass is 10.1. The number of carboxylic acid groups (broad SMARTS) is 1. The summed E-state index contributed by atoms with van der Waals surface area (Å²) in [7, 11) is -3.06. The molecule has 0 heterocycles. The molecule has 20 heavy (non-hydrogen) atoms. The van der Waals surface area contributed by atoms with Crippen LogP contribution in [0.4, 0.5) is 5.69 Å². The normalized spacial score (nSPS) is 11.1. The van der Waals surface area contributed by atoms with Gasteiger partial charge in [-0.1, -0.05) is 0 Å². The summed E-state index contributed by atoms with van der Waals surface area (Å²) >= 11 is 0. The van der Waals surface area contributed by atoms with Gasteiger partial charge in [-0.15, -0.1) is 0 Å². The third kappa shape index (κ3) is 5.40. The molecule has 0 aliphatic carbocycles. The van der Waals surface area contributed by atoms with Crippen LogP contribution in [0.1, 0.15) is 28.8 Å². The zero-order valence-electron chi connectivity index (χ0n) is 11.3. The summed E-state index contributed by atoms with van der Waals surface area (Å²) in [5.74, 6) is -1.35. The summed E-state index contributed by atoms with van der Waals surface area (Å²) < 4.78 is 21.9. The minimum Gasteiger partial charge on any atom is -0.478 e. The van der Waals surface area contributed by atoms with Crippen LogP contribution in [-0.2, 0) is 14.6 Å². The number of aromatic carboxylic acids is 1. The quantitative estimate of drug-likeness (QED) is 0.828. The lowest BCUT2D eigenvalue weighted by Crippen LogP contribution is -2.14. The van der Waals surface area contributed by atoms with Crippen molar-refractivity contribution in [1.29, 1.82) is 0 Å². The molecule has 0 spiro atoms. The monoisotopic (exact) mass is 299 g/mol. The van der Waals surface area contributed by atoms with Gasteiger partial charge in [0.25, 0.3) is 0 Å². The second-order valence-electron chi connectivity index (χ2n) is 4.62. The Labute approximate surface area is 117 Å². The van der Waals surface area contributed by atoms with E-state index in [0.717, 1.165) is 6.26 Å². The van der Waals surface area contributed by atoms with Crippen LogP contribution in [0, 0.1) is 6.92 Å². The summed E-state index contributed by atoms with van der Waals surface area (Å²) in [5.41, 5.74) is 1.23. The number of aryl methyl sites for hydroxylation is 1. The number of hydrogen-bond acceptors (Lipinski definition) is 4. The van der Waals surface area contributed by atoms with E-state index in [1.54, 1.807) is 13.0 Å². The predicted octanol–water partition coefficient (Wildman–Crippen LogP) is 1.46. The highest BCUT2D eigenvalue weighted by Gasteiger charge is 2.09. The van der Waals surface area contributed by atoms with Gasteiger partial charge in [-0.2, -0.15) is 0 Å². The smallest absolute Gasteiger partial charge is 0.335 e. The molecule has 7 heteroatoms. The van der Waals surface area contributed by atoms with Crippen molar-refractivity contribution in [2.45, 2.75) is 19.8 Å². The Bertz CT molecular complexity index is 622. The molecular weight excluding hydrogens is 282 g/mol. The zero-order chi connectivity index (χ0) is 15.3. The maximum atomic E-state index is 11.6. The lowest BCUT2D eigenvalue weighted by Gasteiger charge is -2.07. The molecule has 1 aromatic carbocycles. The van der Waals surface area contributed by atoms with Crippen molar-refractivity contribution < 1.29 is 23.1 Å². The van der Waals surface area contributed by atoms with Gasteiger partial charge in [0.1, 0.15) is 9.84 Å². The second-order valence-corrected chi connectivity index (χ2v) is 6.88. The number of sulfone groups is 1. The molecule has 0 bridgehead atoms. The molecule has 0 aliphatic heterocycles. The van der Waals surface area contributed by atoms with Gasteiger partial charge in [-0.05, 0) is 37.1 Å². The molecule has 0 saturated heterocycles. The molecule has 0 aromatic heterocycles. The highest BCUT2D eigenvalue weighted by molar-refractivity contribution is 7.90. The number of carbonyl (C=O) groups excluding carboxylic acids is 1. The van der Waals surface area contributed by atoms with E-state index in [1.165, 1.54) is 12.1 Å². The summed E-state index contributed by atoms with van der Waals surface area (Å²) in [6.07, 6.45) is 1.49. The maximum absolute atomic E-state index is 11.6. The molecule has 0 atom stereocenters. The predicted molar refractivity (Wildman–Crippen MR) is 75.7 cm³/mol. The van der Waals surface area contributed by atoms with E-state index in [4.69, 9.17) is 5.11 Å². The number of anilines is 1. The van der Waals surface area contributed by atoms with Crippen molar-refractivity contribution in [1.82, 2.24) is 0 Å². The minimum atomic E-state index is -3.06. The number of hydrogen-bond donors (Lipinski definition) is 2. The molecule has 1 amide bonds. The van der Waals surface area contributed by atoms with Crippen LogP contribution in [0.5, 0.6) is 0 Å². The van der Waals surface area contributed by atoms with Crippen molar-refractivity contribution in [3.8, 4) is 0 Å². The number of rotatable bonds is 6. The van der Waals surface area contributed by atoms with E-state index in [-0.39, 0.29) is 30.1 Å². The second kappa shape index (κ2) is 6.51. The maximum Gasteiger partial charge on any atom is 0.335 e. The summed E-state index contributed by atoms with van der Waals surface area (Å²) in [6, 6.07) is 4.49. The van der Waals surface area contributed by atoms with Crippen LogP contribution in [0.25, 0.3) is 0 Å². The third-order valence-corrected chi connectivity index (χ3v) is 3.69. The average Bonchev–Trinajstić information content (AvgIpc) is 2.26. The topological polar surface area (TPSA) is 101 Å². The van der Waals surface area contributed by atoms with Crippen LogP contribution < -0.4 is 5.32 Å². The molecule has 2 N–H and O–H groups in total. The first-order valence-corrected chi connectivity index (χ1v) is 8.06. The molecular formula is C13H17NO5S. The van der Waals surface area contributed by atoms with Gasteiger partial charge in [0, 0.05) is 18.4 Å². The molecule has 1 rings (SSSR count). The van der Waals surface area contributed by atoms with Crippen LogP contribution >= 0.6 is 0 Å². The number of carbonyl (C=O) groups is 2. The molecule has 0 aliphatic rings. The van der Waals surface area contributed by atoms with E-state index in [2.05, 4.69) is 5.32 Å². The van der Waals surface area contributed by atoms with Gasteiger partial charge >= 0.3 is 5.97 Å². The molecule has 0 saturated carbocycles. The molecule has 1 aromatic rings. The molecule has 110 valence electrons. The summed E-state index contributed by atoms with van der Waals surface area (Å²) in [5, 5.41) is 11.5. The number of nitrogens with one attached hydrogen (secondary N) is 1. The van der Waals surface area contributed by atoms with E-state index in [1.807, 2.05) is 0 Å². The molecule has 6 nitrogen and oxygen atoms in total. The third-order valence-electron chi connectivity index (χ3n) is 2.66. The SMILES string of the molecule is Cc1cc(NC(=O)CCCS(C)(=O)=O)ccc1C(=O)O. The van der Waals surface area contributed by atoms with E-state index >= 15 is 0 Å². The van der Waals surface area contributed by atoms with Crippen molar-refractivity contribution in [3.63, 3.8) is 0 Å². The zero-order valence-corrected chi connectivity index (χ0v) is 12.2. The number of amides is 1. The Morgan fingerprint density at radius 2 is 1.95 bits per heavy atom. The average molecular weight is 299 g/mol. The fourth-order valence-electron chi connectivity index (χ4n) is 1.70. The molecule has 0 fully saturated rings. The van der Waals surface area contributed by atoms with Gasteiger partial charge in [0.2, 0.25) is 5.91 Å². The van der Waals surface area contributed by atoms with Crippen molar-refractivity contribution in [3.05, 3.63) is 29.3 Å².